The molecule has 0 bridgehead atoms. The molecule has 27 heavy (non-hydrogen) atoms. The number of rotatable bonds is 2. The van der Waals surface area contributed by atoms with Crippen molar-refractivity contribution in [3.63, 3.8) is 0 Å². The molecule has 3 aliphatic rings. The zero-order valence-corrected chi connectivity index (χ0v) is 16.7. The number of aromatic nitrogens is 1. The molecule has 2 aliphatic heterocycles. The second kappa shape index (κ2) is 7.41. The van der Waals surface area contributed by atoms with Crippen molar-refractivity contribution in [3.05, 3.63) is 23.9 Å². The topological polar surface area (TPSA) is 70.6 Å². The Balaban J connectivity index is 1.36. The standard InChI is InChI=1S/C20H29N3O3S/c24-19(23-12-14-27(25,26)15-13-23)17-4-5-18(21-16-17)22-10-8-20(9-11-22)6-2-1-3-7-20/h4-5,16H,1-3,6-15H2. The monoisotopic (exact) mass is 391 g/mol. The lowest BCUT2D eigenvalue weighted by Gasteiger charge is -2.44. The molecular formula is C20H29N3O3S. The van der Waals surface area contributed by atoms with Gasteiger partial charge in [0.05, 0.1) is 17.1 Å². The minimum absolute atomic E-state index is 0.0553. The van der Waals surface area contributed by atoms with Crippen LogP contribution in [0.3, 0.4) is 0 Å². The molecule has 0 aromatic carbocycles. The fourth-order valence-corrected chi connectivity index (χ4v) is 6.01. The third kappa shape index (κ3) is 4.13. The van der Waals surface area contributed by atoms with Crippen molar-refractivity contribution in [3.8, 4) is 0 Å². The van der Waals surface area contributed by atoms with Gasteiger partial charge in [0.25, 0.3) is 5.91 Å². The molecule has 6 nitrogen and oxygen atoms in total. The molecule has 2 saturated heterocycles. The van der Waals surface area contributed by atoms with Crippen molar-refractivity contribution in [2.75, 3.05) is 42.6 Å². The Bertz CT molecular complexity index is 761. The average Bonchev–Trinajstić information content (AvgIpc) is 2.69. The van der Waals surface area contributed by atoms with Gasteiger partial charge in [0.1, 0.15) is 5.82 Å². The van der Waals surface area contributed by atoms with E-state index in [-0.39, 0.29) is 30.5 Å². The fourth-order valence-electron chi connectivity index (χ4n) is 4.81. The highest BCUT2D eigenvalue weighted by Crippen LogP contribution is 2.44. The summed E-state index contributed by atoms with van der Waals surface area (Å²) in [6.07, 6.45) is 11.1. The Hall–Kier alpha value is -1.63. The van der Waals surface area contributed by atoms with Crippen LogP contribution in [0, 0.1) is 5.41 Å². The van der Waals surface area contributed by atoms with Crippen LogP contribution >= 0.6 is 0 Å². The molecule has 1 saturated carbocycles. The van der Waals surface area contributed by atoms with E-state index in [0.29, 0.717) is 11.0 Å². The quantitative estimate of drug-likeness (QED) is 0.775. The Kier molecular flexibility index (Phi) is 5.14. The molecule has 0 N–H and O–H groups in total. The smallest absolute Gasteiger partial charge is 0.255 e. The number of carbonyl (C=O) groups excluding carboxylic acids is 1. The van der Waals surface area contributed by atoms with Crippen LogP contribution in [0.15, 0.2) is 18.3 Å². The lowest BCUT2D eigenvalue weighted by Crippen LogP contribution is -2.43. The van der Waals surface area contributed by atoms with Gasteiger partial charge in [-0.05, 0) is 43.2 Å². The molecule has 7 heteroatoms. The molecular weight excluding hydrogens is 362 g/mol. The van der Waals surface area contributed by atoms with Gasteiger partial charge < -0.3 is 9.80 Å². The van der Waals surface area contributed by atoms with Crippen LogP contribution in [0.25, 0.3) is 0 Å². The van der Waals surface area contributed by atoms with Gasteiger partial charge in [-0.25, -0.2) is 13.4 Å². The summed E-state index contributed by atoms with van der Waals surface area (Å²) < 4.78 is 23.1. The zero-order valence-electron chi connectivity index (χ0n) is 15.9. The molecule has 0 atom stereocenters. The Morgan fingerprint density at radius 1 is 0.926 bits per heavy atom. The minimum atomic E-state index is -2.98. The molecule has 148 valence electrons. The SMILES string of the molecule is O=C(c1ccc(N2CCC3(CCCCC3)CC2)nc1)N1CCS(=O)(=O)CC1. The summed E-state index contributed by atoms with van der Waals surface area (Å²) >= 11 is 0. The van der Waals surface area contributed by atoms with E-state index in [1.54, 1.807) is 11.1 Å². The summed E-state index contributed by atoms with van der Waals surface area (Å²) in [4.78, 5) is 21.1. The van der Waals surface area contributed by atoms with Crippen LogP contribution in [0.2, 0.25) is 0 Å². The van der Waals surface area contributed by atoms with E-state index in [4.69, 9.17) is 0 Å². The third-order valence-corrected chi connectivity index (χ3v) is 8.30. The number of hydrogen-bond donors (Lipinski definition) is 0. The number of carbonyl (C=O) groups is 1. The first kappa shape index (κ1) is 18.7. The van der Waals surface area contributed by atoms with E-state index in [9.17, 15) is 13.2 Å². The number of pyridine rings is 1. The van der Waals surface area contributed by atoms with Crippen LogP contribution in [-0.4, -0.2) is 61.9 Å². The van der Waals surface area contributed by atoms with Crippen molar-refractivity contribution in [1.82, 2.24) is 9.88 Å². The van der Waals surface area contributed by atoms with Crippen molar-refractivity contribution in [2.45, 2.75) is 44.9 Å². The molecule has 3 heterocycles. The Labute approximate surface area is 161 Å². The van der Waals surface area contributed by atoms with Crippen molar-refractivity contribution in [1.29, 1.82) is 0 Å². The number of hydrogen-bond acceptors (Lipinski definition) is 5. The maximum atomic E-state index is 12.6. The first-order valence-corrected chi connectivity index (χ1v) is 12.0. The molecule has 4 rings (SSSR count). The van der Waals surface area contributed by atoms with E-state index in [1.807, 2.05) is 12.1 Å². The highest BCUT2D eigenvalue weighted by Gasteiger charge is 2.35. The van der Waals surface area contributed by atoms with E-state index in [2.05, 4.69) is 9.88 Å². The van der Waals surface area contributed by atoms with Gasteiger partial charge in [0.15, 0.2) is 9.84 Å². The Morgan fingerprint density at radius 3 is 2.19 bits per heavy atom. The summed E-state index contributed by atoms with van der Waals surface area (Å²) in [6.45, 7) is 2.64. The summed E-state index contributed by atoms with van der Waals surface area (Å²) in [6, 6.07) is 3.77. The molecule has 1 aliphatic carbocycles. The number of amides is 1. The van der Waals surface area contributed by atoms with Gasteiger partial charge >= 0.3 is 0 Å². The molecule has 3 fully saturated rings. The maximum absolute atomic E-state index is 12.6. The van der Waals surface area contributed by atoms with E-state index >= 15 is 0 Å². The highest BCUT2D eigenvalue weighted by molar-refractivity contribution is 7.91. The van der Waals surface area contributed by atoms with Gasteiger partial charge in [-0.3, -0.25) is 4.79 Å². The maximum Gasteiger partial charge on any atom is 0.255 e. The summed E-state index contributed by atoms with van der Waals surface area (Å²) in [5.41, 5.74) is 1.11. The molecule has 1 aromatic rings. The number of anilines is 1. The van der Waals surface area contributed by atoms with Crippen LogP contribution in [0.5, 0.6) is 0 Å². The fraction of sp³-hybridized carbons (Fsp3) is 0.700. The number of nitrogens with zero attached hydrogens (tertiary/aromatic N) is 3. The minimum Gasteiger partial charge on any atom is -0.357 e. The van der Waals surface area contributed by atoms with Gasteiger partial charge in [0, 0.05) is 32.4 Å². The lowest BCUT2D eigenvalue weighted by atomic mass is 9.68. The van der Waals surface area contributed by atoms with Crippen LogP contribution in [-0.2, 0) is 9.84 Å². The first-order chi connectivity index (χ1) is 13.0. The number of sulfone groups is 1. The van der Waals surface area contributed by atoms with Crippen LogP contribution < -0.4 is 4.90 Å². The third-order valence-electron chi connectivity index (χ3n) is 6.69. The lowest BCUT2D eigenvalue weighted by molar-refractivity contribution is 0.0770. The van der Waals surface area contributed by atoms with Gasteiger partial charge in [-0.15, -0.1) is 0 Å². The normalized spacial score (nSPS) is 24.7. The largest absolute Gasteiger partial charge is 0.357 e. The molecule has 1 aromatic heterocycles. The summed E-state index contributed by atoms with van der Waals surface area (Å²) in [5, 5.41) is 0. The van der Waals surface area contributed by atoms with Crippen molar-refractivity contribution < 1.29 is 13.2 Å². The molecule has 0 unspecified atom stereocenters. The van der Waals surface area contributed by atoms with Crippen molar-refractivity contribution >= 4 is 21.6 Å². The molecule has 1 amide bonds. The van der Waals surface area contributed by atoms with Gasteiger partial charge in [-0.1, -0.05) is 19.3 Å². The van der Waals surface area contributed by atoms with E-state index in [1.165, 1.54) is 44.9 Å². The van der Waals surface area contributed by atoms with Crippen LogP contribution in [0.4, 0.5) is 5.82 Å². The highest BCUT2D eigenvalue weighted by atomic mass is 32.2. The predicted octanol–water partition coefficient (Wildman–Crippen LogP) is 2.50. The molecule has 1 spiro atoms. The summed E-state index contributed by atoms with van der Waals surface area (Å²) in [7, 11) is -2.98. The second-order valence-corrected chi connectivity index (χ2v) is 10.7. The average molecular weight is 392 g/mol. The van der Waals surface area contributed by atoms with Crippen molar-refractivity contribution in [2.24, 2.45) is 5.41 Å². The summed E-state index contributed by atoms with van der Waals surface area (Å²) in [5.74, 6) is 0.932. The van der Waals surface area contributed by atoms with Gasteiger partial charge in [-0.2, -0.15) is 0 Å². The van der Waals surface area contributed by atoms with Crippen LogP contribution in [0.1, 0.15) is 55.3 Å². The van der Waals surface area contributed by atoms with Gasteiger partial charge in [0.2, 0.25) is 0 Å². The second-order valence-electron chi connectivity index (χ2n) is 8.40. The van der Waals surface area contributed by atoms with E-state index in [0.717, 1.165) is 18.9 Å². The number of piperidine rings is 1. The molecule has 0 radical (unpaired) electrons. The Morgan fingerprint density at radius 2 is 1.59 bits per heavy atom. The first-order valence-electron chi connectivity index (χ1n) is 10.2. The van der Waals surface area contributed by atoms with E-state index < -0.39 is 9.84 Å². The zero-order chi connectivity index (χ0) is 18.9. The predicted molar refractivity (Wildman–Crippen MR) is 106 cm³/mol.